The van der Waals surface area contributed by atoms with Gasteiger partial charge >= 0.3 is 0 Å². The first-order chi connectivity index (χ1) is 8.77. The van der Waals surface area contributed by atoms with Crippen molar-refractivity contribution in [3.63, 3.8) is 0 Å². The third-order valence-corrected chi connectivity index (χ3v) is 3.72. The van der Waals surface area contributed by atoms with Crippen LogP contribution in [0.1, 0.15) is 19.8 Å². The lowest BCUT2D eigenvalue weighted by molar-refractivity contribution is -0.137. The molecule has 1 N–H and O–H groups in total. The Kier molecular flexibility index (Phi) is 5.41. The summed E-state index contributed by atoms with van der Waals surface area (Å²) in [6.07, 6.45) is 2.26. The fraction of sp³-hybridized carbons (Fsp3) is 0.923. The van der Waals surface area contributed by atoms with Gasteiger partial charge in [0, 0.05) is 26.3 Å². The Morgan fingerprint density at radius 2 is 2.11 bits per heavy atom. The summed E-state index contributed by atoms with van der Waals surface area (Å²) >= 11 is 0. The summed E-state index contributed by atoms with van der Waals surface area (Å²) in [4.78, 5) is 14.0. The van der Waals surface area contributed by atoms with Crippen LogP contribution < -0.4 is 5.32 Å². The quantitative estimate of drug-likeness (QED) is 0.766. The van der Waals surface area contributed by atoms with Crippen molar-refractivity contribution in [3.05, 3.63) is 0 Å². The van der Waals surface area contributed by atoms with Crippen LogP contribution in [0.3, 0.4) is 0 Å². The molecule has 2 rings (SSSR count). The van der Waals surface area contributed by atoms with Crippen molar-refractivity contribution in [2.75, 3.05) is 46.1 Å². The molecule has 0 aromatic carbocycles. The van der Waals surface area contributed by atoms with Crippen LogP contribution in [0.4, 0.5) is 0 Å². The zero-order chi connectivity index (χ0) is 12.8. The van der Waals surface area contributed by atoms with Crippen molar-refractivity contribution in [2.45, 2.75) is 25.8 Å². The number of carbonyl (C=O) groups is 1. The highest BCUT2D eigenvalue weighted by atomic mass is 16.5. The number of rotatable bonds is 5. The Hall–Kier alpha value is -0.650. The lowest BCUT2D eigenvalue weighted by atomic mass is 10.1. The first-order valence-corrected chi connectivity index (χ1v) is 6.95. The molecule has 0 aliphatic carbocycles. The molecular formula is C13H24N2O3. The van der Waals surface area contributed by atoms with Gasteiger partial charge in [0.2, 0.25) is 5.91 Å². The van der Waals surface area contributed by atoms with Crippen LogP contribution in [0, 0.1) is 5.92 Å². The largest absolute Gasteiger partial charge is 0.381 e. The van der Waals surface area contributed by atoms with Crippen LogP contribution >= 0.6 is 0 Å². The van der Waals surface area contributed by atoms with Crippen molar-refractivity contribution in [1.82, 2.24) is 10.2 Å². The highest BCUT2D eigenvalue weighted by Gasteiger charge is 2.22. The highest BCUT2D eigenvalue weighted by Crippen LogP contribution is 2.15. The molecule has 0 bridgehead atoms. The van der Waals surface area contributed by atoms with E-state index in [2.05, 4.69) is 5.32 Å². The predicted molar refractivity (Wildman–Crippen MR) is 68.4 cm³/mol. The van der Waals surface area contributed by atoms with Gasteiger partial charge < -0.3 is 19.7 Å². The summed E-state index contributed by atoms with van der Waals surface area (Å²) in [5.74, 6) is 0.865. The van der Waals surface area contributed by atoms with Crippen LogP contribution in [0.25, 0.3) is 0 Å². The molecule has 2 unspecified atom stereocenters. The Bertz CT molecular complexity index is 261. The fourth-order valence-electron chi connectivity index (χ4n) is 2.46. The second kappa shape index (κ2) is 7.07. The van der Waals surface area contributed by atoms with Crippen LogP contribution in [0.15, 0.2) is 0 Å². The summed E-state index contributed by atoms with van der Waals surface area (Å²) in [5.41, 5.74) is 0. The fourth-order valence-corrected chi connectivity index (χ4v) is 2.46. The first-order valence-electron chi connectivity index (χ1n) is 6.95. The topological polar surface area (TPSA) is 50.8 Å². The summed E-state index contributed by atoms with van der Waals surface area (Å²) in [7, 11) is 0. The molecule has 0 spiro atoms. The molecule has 18 heavy (non-hydrogen) atoms. The van der Waals surface area contributed by atoms with E-state index in [0.717, 1.165) is 45.7 Å². The third kappa shape index (κ3) is 3.93. The van der Waals surface area contributed by atoms with Gasteiger partial charge in [-0.15, -0.1) is 0 Å². The van der Waals surface area contributed by atoms with Gasteiger partial charge in [0.15, 0.2) is 0 Å². The molecular weight excluding hydrogens is 232 g/mol. The monoisotopic (exact) mass is 256 g/mol. The molecule has 2 fully saturated rings. The van der Waals surface area contributed by atoms with Crippen LogP contribution in [-0.2, 0) is 14.3 Å². The van der Waals surface area contributed by atoms with Crippen LogP contribution in [0.5, 0.6) is 0 Å². The molecule has 2 aliphatic heterocycles. The first kappa shape index (κ1) is 13.8. The maximum atomic E-state index is 12.1. The highest BCUT2D eigenvalue weighted by molar-refractivity contribution is 5.81. The van der Waals surface area contributed by atoms with Gasteiger partial charge in [-0.25, -0.2) is 0 Å². The van der Waals surface area contributed by atoms with Crippen molar-refractivity contribution in [2.24, 2.45) is 5.92 Å². The van der Waals surface area contributed by atoms with Gasteiger partial charge in [-0.2, -0.15) is 0 Å². The van der Waals surface area contributed by atoms with Gasteiger partial charge in [0.1, 0.15) is 0 Å². The lowest BCUT2D eigenvalue weighted by Crippen LogP contribution is -2.49. The summed E-state index contributed by atoms with van der Waals surface area (Å²) < 4.78 is 10.6. The van der Waals surface area contributed by atoms with E-state index in [1.165, 1.54) is 0 Å². The van der Waals surface area contributed by atoms with Crippen molar-refractivity contribution >= 4 is 5.91 Å². The normalized spacial score (nSPS) is 26.3. The van der Waals surface area contributed by atoms with Gasteiger partial charge in [0.25, 0.3) is 0 Å². The molecule has 0 aromatic rings. The number of nitrogens with one attached hydrogen (secondary N) is 1. The Labute approximate surface area is 109 Å². The van der Waals surface area contributed by atoms with Gasteiger partial charge in [-0.1, -0.05) is 0 Å². The number of carbonyl (C=O) groups excluding carboxylic acids is 1. The molecule has 2 atom stereocenters. The molecule has 0 radical (unpaired) electrons. The summed E-state index contributed by atoms with van der Waals surface area (Å²) in [6.45, 7) is 7.40. The number of morpholine rings is 1. The number of ether oxygens (including phenoxy) is 2. The minimum absolute atomic E-state index is 0.0922. The maximum absolute atomic E-state index is 12.1. The van der Waals surface area contributed by atoms with E-state index in [0.29, 0.717) is 19.1 Å². The molecule has 104 valence electrons. The van der Waals surface area contributed by atoms with E-state index < -0.39 is 0 Å². The molecule has 5 heteroatoms. The van der Waals surface area contributed by atoms with Crippen molar-refractivity contribution < 1.29 is 14.3 Å². The Morgan fingerprint density at radius 3 is 2.78 bits per heavy atom. The smallest absolute Gasteiger partial charge is 0.239 e. The minimum atomic E-state index is -0.0922. The van der Waals surface area contributed by atoms with E-state index in [1.807, 2.05) is 11.8 Å². The predicted octanol–water partition coefficient (Wildman–Crippen LogP) is 0.250. The Morgan fingerprint density at radius 1 is 1.33 bits per heavy atom. The lowest BCUT2D eigenvalue weighted by Gasteiger charge is -2.29. The summed E-state index contributed by atoms with van der Waals surface area (Å²) in [5, 5.41) is 3.32. The molecule has 2 heterocycles. The van der Waals surface area contributed by atoms with Gasteiger partial charge in [-0.3, -0.25) is 4.79 Å². The maximum Gasteiger partial charge on any atom is 0.239 e. The summed E-state index contributed by atoms with van der Waals surface area (Å²) in [6, 6.07) is -0.0922. The molecule has 0 aromatic heterocycles. The third-order valence-electron chi connectivity index (χ3n) is 3.72. The zero-order valence-corrected chi connectivity index (χ0v) is 11.2. The molecule has 5 nitrogen and oxygen atoms in total. The number of amides is 1. The number of hydrogen-bond donors (Lipinski definition) is 1. The van der Waals surface area contributed by atoms with Crippen molar-refractivity contribution in [3.8, 4) is 0 Å². The van der Waals surface area contributed by atoms with E-state index in [4.69, 9.17) is 9.47 Å². The standard InChI is InChI=1S/C13H24N2O3/c1-11(13(16)15-5-8-17-9-6-15)14-4-2-12-3-7-18-10-12/h11-12,14H,2-10H2,1H3. The Balaban J connectivity index is 1.63. The minimum Gasteiger partial charge on any atom is -0.381 e. The van der Waals surface area contributed by atoms with Crippen LogP contribution in [-0.4, -0.2) is 62.9 Å². The molecule has 1 amide bonds. The van der Waals surface area contributed by atoms with Crippen LogP contribution in [0.2, 0.25) is 0 Å². The van der Waals surface area contributed by atoms with Crippen molar-refractivity contribution in [1.29, 1.82) is 0 Å². The zero-order valence-electron chi connectivity index (χ0n) is 11.2. The SMILES string of the molecule is CC(NCCC1CCOC1)C(=O)N1CCOCC1. The number of hydrogen-bond acceptors (Lipinski definition) is 4. The average Bonchev–Trinajstić information content (AvgIpc) is 2.92. The van der Waals surface area contributed by atoms with E-state index in [-0.39, 0.29) is 11.9 Å². The van der Waals surface area contributed by atoms with E-state index >= 15 is 0 Å². The van der Waals surface area contributed by atoms with E-state index in [9.17, 15) is 4.79 Å². The second-order valence-corrected chi connectivity index (χ2v) is 5.13. The molecule has 2 aliphatic rings. The van der Waals surface area contributed by atoms with E-state index in [1.54, 1.807) is 0 Å². The second-order valence-electron chi connectivity index (χ2n) is 5.13. The number of nitrogens with zero attached hydrogens (tertiary/aromatic N) is 1. The van der Waals surface area contributed by atoms with Gasteiger partial charge in [0.05, 0.1) is 19.3 Å². The molecule has 0 saturated carbocycles. The average molecular weight is 256 g/mol. The molecule has 2 saturated heterocycles. The van der Waals surface area contributed by atoms with Gasteiger partial charge in [-0.05, 0) is 32.2 Å².